The van der Waals surface area contributed by atoms with E-state index in [4.69, 9.17) is 37.8 Å². The van der Waals surface area contributed by atoms with Crippen molar-refractivity contribution in [3.63, 3.8) is 0 Å². The molecule has 0 aliphatic carbocycles. The third-order valence-corrected chi connectivity index (χ3v) is 8.61. The van der Waals surface area contributed by atoms with Gasteiger partial charge in [-0.3, -0.25) is 9.69 Å². The highest BCUT2D eigenvalue weighted by Crippen LogP contribution is 2.46. The fourth-order valence-corrected chi connectivity index (χ4v) is 6.27. The molecule has 0 amide bonds. The van der Waals surface area contributed by atoms with Gasteiger partial charge in [-0.25, -0.2) is 9.40 Å². The highest BCUT2D eigenvalue weighted by atomic mass is 35.5. The highest BCUT2D eigenvalue weighted by Gasteiger charge is 2.41. The molecule has 45 heavy (non-hydrogen) atoms. The maximum Gasteiger partial charge on any atom is 0.198 e. The van der Waals surface area contributed by atoms with E-state index >= 15 is 0 Å². The van der Waals surface area contributed by atoms with Gasteiger partial charge in [-0.2, -0.15) is 0 Å². The summed E-state index contributed by atoms with van der Waals surface area (Å²) in [6, 6.07) is 25.0. The second-order valence-corrected chi connectivity index (χ2v) is 11.8. The van der Waals surface area contributed by atoms with Crippen molar-refractivity contribution in [2.45, 2.75) is 39.0 Å². The normalized spacial score (nSPS) is 16.5. The van der Waals surface area contributed by atoms with E-state index in [1.807, 2.05) is 47.4 Å². The van der Waals surface area contributed by atoms with Crippen LogP contribution >= 0.6 is 23.2 Å². The Balaban J connectivity index is 1.49. The van der Waals surface area contributed by atoms with E-state index in [1.165, 1.54) is 19.4 Å². The van der Waals surface area contributed by atoms with Crippen molar-refractivity contribution in [2.75, 3.05) is 35.0 Å². The Morgan fingerprint density at radius 2 is 1.67 bits per heavy atom. The fraction of sp³-hybridized carbons (Fsp3) is 0.257. The van der Waals surface area contributed by atoms with E-state index in [9.17, 15) is 9.18 Å². The number of carbonyl (C=O) groups excluding carboxylic acids is 1. The van der Waals surface area contributed by atoms with E-state index < -0.39 is 6.17 Å². The lowest BCUT2D eigenvalue weighted by Gasteiger charge is -2.34. The number of nitrogens with zero attached hydrogens (tertiary/aromatic N) is 4. The quantitative estimate of drug-likeness (QED) is 0.181. The van der Waals surface area contributed by atoms with Crippen molar-refractivity contribution in [3.8, 4) is 11.5 Å². The molecule has 2 aliphatic heterocycles. The zero-order chi connectivity index (χ0) is 31.5. The highest BCUT2D eigenvalue weighted by molar-refractivity contribution is 6.44. The first kappa shape index (κ1) is 30.7. The van der Waals surface area contributed by atoms with E-state index in [0.717, 1.165) is 31.6 Å². The summed E-state index contributed by atoms with van der Waals surface area (Å²) in [7, 11) is 1.55. The van der Waals surface area contributed by atoms with Gasteiger partial charge in [-0.1, -0.05) is 53.5 Å². The molecule has 0 radical (unpaired) electrons. The van der Waals surface area contributed by atoms with Gasteiger partial charge < -0.3 is 14.4 Å². The van der Waals surface area contributed by atoms with Crippen LogP contribution in [-0.4, -0.2) is 31.8 Å². The lowest BCUT2D eigenvalue weighted by molar-refractivity contribution is -0.111. The molecule has 2 aliphatic rings. The number of piperidine rings is 1. The number of carbonyl (C=O) groups is 1. The second kappa shape index (κ2) is 13.4. The maximum atomic E-state index is 14.6. The Labute approximate surface area is 272 Å². The molecule has 1 fully saturated rings. The minimum Gasteiger partial charge on any atom is -0.493 e. The summed E-state index contributed by atoms with van der Waals surface area (Å²) in [6.07, 6.45) is 2.75. The van der Waals surface area contributed by atoms with Crippen LogP contribution in [0.5, 0.6) is 11.5 Å². The number of ketones is 1. The summed E-state index contributed by atoms with van der Waals surface area (Å²) in [4.78, 5) is 17.4. The number of ether oxygens (including phenoxy) is 2. The number of hydrogen-bond donors (Lipinski definition) is 0. The van der Waals surface area contributed by atoms with E-state index in [1.54, 1.807) is 48.5 Å². The van der Waals surface area contributed by atoms with E-state index in [0.29, 0.717) is 44.0 Å². The van der Waals surface area contributed by atoms with Crippen LogP contribution in [0, 0.1) is 5.82 Å². The lowest BCUT2D eigenvalue weighted by Crippen LogP contribution is -2.38. The topological polar surface area (TPSA) is 57.6 Å². The predicted octanol–water partition coefficient (Wildman–Crippen LogP) is 8.64. The van der Waals surface area contributed by atoms with Gasteiger partial charge in [-0.15, -0.1) is 5.10 Å². The maximum absolute atomic E-state index is 14.6. The molecular formula is C35H33Cl2FN4O3. The molecule has 0 N–H and O–H groups in total. The fourth-order valence-electron chi connectivity index (χ4n) is 5.85. The van der Waals surface area contributed by atoms with Crippen molar-refractivity contribution >= 4 is 51.9 Å². The minimum atomic E-state index is -0.701. The zero-order valence-electron chi connectivity index (χ0n) is 25.1. The Morgan fingerprint density at radius 3 is 2.36 bits per heavy atom. The molecule has 7 nitrogen and oxygen atoms in total. The summed E-state index contributed by atoms with van der Waals surface area (Å²) in [5.74, 6) is 0.469. The minimum absolute atomic E-state index is 0.0372. The molecule has 0 saturated carbocycles. The third-order valence-electron chi connectivity index (χ3n) is 8.06. The Morgan fingerprint density at radius 1 is 0.933 bits per heavy atom. The molecule has 1 unspecified atom stereocenters. The molecule has 0 aromatic heterocycles. The Hall–Kier alpha value is -4.27. The van der Waals surface area contributed by atoms with Gasteiger partial charge in [-0.05, 0) is 73.9 Å². The number of para-hydroxylation sites is 1. The van der Waals surface area contributed by atoms with E-state index in [2.05, 4.69) is 4.90 Å². The molecule has 0 spiro atoms. The molecule has 4 aromatic rings. The van der Waals surface area contributed by atoms with Gasteiger partial charge in [0.2, 0.25) is 0 Å². The molecule has 1 atom stereocenters. The van der Waals surface area contributed by atoms with Crippen LogP contribution in [-0.2, 0) is 11.4 Å². The number of rotatable bonds is 9. The molecule has 2 heterocycles. The summed E-state index contributed by atoms with van der Waals surface area (Å²) in [5.41, 5.74) is 3.38. The molecule has 4 aromatic carbocycles. The average Bonchev–Trinajstić information content (AvgIpc) is 3.46. The first-order valence-corrected chi connectivity index (χ1v) is 15.6. The monoisotopic (exact) mass is 646 g/mol. The van der Waals surface area contributed by atoms with Gasteiger partial charge in [0.1, 0.15) is 12.4 Å². The van der Waals surface area contributed by atoms with Gasteiger partial charge in [0, 0.05) is 41.9 Å². The predicted molar refractivity (Wildman–Crippen MR) is 179 cm³/mol. The van der Waals surface area contributed by atoms with Crippen molar-refractivity contribution in [3.05, 3.63) is 112 Å². The van der Waals surface area contributed by atoms with Crippen LogP contribution in [0.4, 0.5) is 21.5 Å². The summed E-state index contributed by atoms with van der Waals surface area (Å²) in [6.45, 7) is 3.34. The third kappa shape index (κ3) is 6.30. The molecular weight excluding hydrogens is 614 g/mol. The molecule has 232 valence electrons. The van der Waals surface area contributed by atoms with Crippen molar-refractivity contribution in [2.24, 2.45) is 5.10 Å². The second-order valence-electron chi connectivity index (χ2n) is 11.0. The Bertz CT molecular complexity index is 1730. The lowest BCUT2D eigenvalue weighted by atomic mass is 10.1. The molecule has 10 heteroatoms. The number of amidine groups is 1. The number of hydrogen-bond acceptors (Lipinski definition) is 7. The largest absolute Gasteiger partial charge is 0.493 e. The van der Waals surface area contributed by atoms with Crippen LogP contribution in [0.2, 0.25) is 10.0 Å². The van der Waals surface area contributed by atoms with Crippen LogP contribution in [0.15, 0.2) is 90.0 Å². The molecule has 1 saturated heterocycles. The SMILES string of the molecule is COc1cccc(C2N(c3ccc(Cl)cc3)N=C(C(C)=O)N2c2ccc(N3CCCCC3)c(Cl)c2)c1OCc1ccccc1F. The number of benzene rings is 4. The molecule has 6 rings (SSSR count). The number of methoxy groups -OCH3 is 1. The van der Waals surface area contributed by atoms with Gasteiger partial charge >= 0.3 is 0 Å². The molecule has 0 bridgehead atoms. The first-order chi connectivity index (χ1) is 21.9. The van der Waals surface area contributed by atoms with Crippen molar-refractivity contribution in [1.82, 2.24) is 0 Å². The summed E-state index contributed by atoms with van der Waals surface area (Å²) < 4.78 is 26.7. The van der Waals surface area contributed by atoms with Crippen molar-refractivity contribution in [1.29, 1.82) is 0 Å². The number of Topliss-reactive ketones (excluding diaryl/α,β-unsaturated/α-hetero) is 1. The Kier molecular flexibility index (Phi) is 9.14. The number of hydrazone groups is 1. The van der Waals surface area contributed by atoms with Crippen LogP contribution < -0.4 is 24.3 Å². The van der Waals surface area contributed by atoms with Gasteiger partial charge in [0.05, 0.1) is 23.5 Å². The smallest absolute Gasteiger partial charge is 0.198 e. The van der Waals surface area contributed by atoms with Gasteiger partial charge in [0.15, 0.2) is 29.3 Å². The van der Waals surface area contributed by atoms with Gasteiger partial charge in [0.25, 0.3) is 0 Å². The number of anilines is 3. The number of halogens is 3. The van der Waals surface area contributed by atoms with Crippen LogP contribution in [0.3, 0.4) is 0 Å². The first-order valence-electron chi connectivity index (χ1n) is 14.9. The van der Waals surface area contributed by atoms with Crippen molar-refractivity contribution < 1.29 is 18.7 Å². The zero-order valence-corrected chi connectivity index (χ0v) is 26.6. The summed E-state index contributed by atoms with van der Waals surface area (Å²) >= 11 is 13.2. The van der Waals surface area contributed by atoms with Crippen LogP contribution in [0.1, 0.15) is 43.5 Å². The standard InChI is InChI=1S/C35H33Cl2FN4O3/c1-23(43)34-39-42(26-15-13-25(36)14-16-26)35(41(34)27-17-18-31(29(37)21-27)40-19-6-3-7-20-40)28-10-8-12-32(44-2)33(28)45-22-24-9-4-5-11-30(24)38/h4-5,8-18,21,35H,3,6-7,19-20,22H2,1-2H3. The van der Waals surface area contributed by atoms with Crippen LogP contribution in [0.25, 0.3) is 0 Å². The summed E-state index contributed by atoms with van der Waals surface area (Å²) in [5, 5.41) is 7.75. The average molecular weight is 648 g/mol. The van der Waals surface area contributed by atoms with E-state index in [-0.39, 0.29) is 24.0 Å².